The van der Waals surface area contributed by atoms with E-state index in [0.29, 0.717) is 19.1 Å². The monoisotopic (exact) mass is 298 g/mol. The molecule has 0 spiro atoms. The molecule has 2 N–H and O–H groups in total. The number of nitrogens with one attached hydrogen (secondary N) is 2. The Balaban J connectivity index is 2.42. The van der Waals surface area contributed by atoms with Crippen LogP contribution in [0.15, 0.2) is 4.99 Å². The van der Waals surface area contributed by atoms with Gasteiger partial charge in [0.15, 0.2) is 5.96 Å². The summed E-state index contributed by atoms with van der Waals surface area (Å²) in [6.45, 7) is 2.39. The Hall–Kier alpha value is -1.30. The van der Waals surface area contributed by atoms with E-state index < -0.39 is 0 Å². The quantitative estimate of drug-likeness (QED) is 0.415. The van der Waals surface area contributed by atoms with Crippen LogP contribution < -0.4 is 10.6 Å². The van der Waals surface area contributed by atoms with Gasteiger partial charge in [0.1, 0.15) is 6.54 Å². The molecule has 1 amide bonds. The van der Waals surface area contributed by atoms with Gasteiger partial charge in [-0.2, -0.15) is 0 Å². The molecule has 122 valence electrons. The molecule has 1 aliphatic carbocycles. The van der Waals surface area contributed by atoms with Gasteiger partial charge < -0.3 is 20.3 Å². The Morgan fingerprint density at radius 2 is 1.95 bits per heavy atom. The third-order valence-corrected chi connectivity index (χ3v) is 3.75. The van der Waals surface area contributed by atoms with Gasteiger partial charge >= 0.3 is 0 Å². The van der Waals surface area contributed by atoms with Crippen molar-refractivity contribution in [1.29, 1.82) is 0 Å². The second kappa shape index (κ2) is 10.4. The molecule has 1 fully saturated rings. The lowest BCUT2D eigenvalue weighted by atomic mass is 9.89. The molecule has 0 aromatic rings. The van der Waals surface area contributed by atoms with Gasteiger partial charge in [-0.05, 0) is 18.8 Å². The SMILES string of the molecule is COCCNC(=NCC(=O)N(C)C)NCC1CCCCC1. The summed E-state index contributed by atoms with van der Waals surface area (Å²) in [5.74, 6) is 1.42. The number of likely N-dealkylation sites (N-methyl/N-ethyl adjacent to an activating group) is 1. The van der Waals surface area contributed by atoms with Crippen molar-refractivity contribution < 1.29 is 9.53 Å². The van der Waals surface area contributed by atoms with Crippen LogP contribution in [-0.2, 0) is 9.53 Å². The first-order valence-electron chi connectivity index (χ1n) is 7.84. The van der Waals surface area contributed by atoms with Gasteiger partial charge in [0, 0.05) is 34.3 Å². The highest BCUT2D eigenvalue weighted by molar-refractivity contribution is 5.84. The highest BCUT2D eigenvalue weighted by Crippen LogP contribution is 2.22. The second-order valence-electron chi connectivity index (χ2n) is 5.76. The number of hydrogen-bond acceptors (Lipinski definition) is 3. The van der Waals surface area contributed by atoms with Crippen molar-refractivity contribution in [2.45, 2.75) is 32.1 Å². The summed E-state index contributed by atoms with van der Waals surface area (Å²) in [7, 11) is 5.15. The standard InChI is InChI=1S/C15H30N4O2/c1-19(2)14(20)12-18-15(16-9-10-21-3)17-11-13-7-5-4-6-8-13/h13H,4-12H2,1-3H3,(H2,16,17,18). The van der Waals surface area contributed by atoms with Gasteiger partial charge in [-0.1, -0.05) is 19.3 Å². The zero-order chi connectivity index (χ0) is 15.5. The fraction of sp³-hybridized carbons (Fsp3) is 0.867. The predicted molar refractivity (Wildman–Crippen MR) is 85.5 cm³/mol. The minimum absolute atomic E-state index is 0.000470. The molecule has 0 bridgehead atoms. The normalized spacial score (nSPS) is 16.6. The van der Waals surface area contributed by atoms with Crippen LogP contribution in [0.2, 0.25) is 0 Å². The number of rotatable bonds is 7. The third kappa shape index (κ3) is 7.90. The molecular weight excluding hydrogens is 268 g/mol. The number of aliphatic imine (C=N–C) groups is 1. The number of carbonyl (C=O) groups excluding carboxylic acids is 1. The van der Waals surface area contributed by atoms with Gasteiger partial charge in [-0.3, -0.25) is 4.79 Å². The maximum absolute atomic E-state index is 11.6. The topological polar surface area (TPSA) is 66.0 Å². The van der Waals surface area contributed by atoms with Crippen LogP contribution in [0, 0.1) is 5.92 Å². The summed E-state index contributed by atoms with van der Waals surface area (Å²) in [6.07, 6.45) is 6.59. The summed E-state index contributed by atoms with van der Waals surface area (Å²) in [5, 5.41) is 6.55. The molecule has 21 heavy (non-hydrogen) atoms. The molecule has 0 aromatic carbocycles. The summed E-state index contributed by atoms with van der Waals surface area (Å²) >= 11 is 0. The molecule has 0 aromatic heterocycles. The lowest BCUT2D eigenvalue weighted by molar-refractivity contribution is -0.127. The molecule has 1 aliphatic rings. The molecule has 1 rings (SSSR count). The largest absolute Gasteiger partial charge is 0.383 e. The highest BCUT2D eigenvalue weighted by atomic mass is 16.5. The van der Waals surface area contributed by atoms with Crippen molar-refractivity contribution in [3.8, 4) is 0 Å². The molecule has 0 atom stereocenters. The number of amides is 1. The molecule has 0 radical (unpaired) electrons. The second-order valence-corrected chi connectivity index (χ2v) is 5.76. The number of nitrogens with zero attached hydrogens (tertiary/aromatic N) is 2. The highest BCUT2D eigenvalue weighted by Gasteiger charge is 2.13. The average molecular weight is 298 g/mol. The fourth-order valence-corrected chi connectivity index (χ4v) is 2.37. The Labute approximate surface area is 128 Å². The number of hydrogen-bond donors (Lipinski definition) is 2. The van der Waals surface area contributed by atoms with Crippen LogP contribution in [0.1, 0.15) is 32.1 Å². The summed E-state index contributed by atoms with van der Waals surface area (Å²) in [6, 6.07) is 0. The Morgan fingerprint density at radius 1 is 1.24 bits per heavy atom. The van der Waals surface area contributed by atoms with E-state index in [2.05, 4.69) is 15.6 Å². The third-order valence-electron chi connectivity index (χ3n) is 3.75. The Bertz CT molecular complexity index is 326. The maximum atomic E-state index is 11.6. The molecule has 6 heteroatoms. The van der Waals surface area contributed by atoms with Crippen molar-refractivity contribution >= 4 is 11.9 Å². The first kappa shape index (κ1) is 17.8. The lowest BCUT2D eigenvalue weighted by Gasteiger charge is -2.23. The van der Waals surface area contributed by atoms with Crippen LogP contribution >= 0.6 is 0 Å². The Morgan fingerprint density at radius 3 is 2.57 bits per heavy atom. The Kier molecular flexibility index (Phi) is 8.82. The smallest absolute Gasteiger partial charge is 0.243 e. The van der Waals surface area contributed by atoms with Gasteiger partial charge in [0.2, 0.25) is 5.91 Å². The molecule has 0 unspecified atom stereocenters. The molecule has 0 saturated heterocycles. The van der Waals surface area contributed by atoms with E-state index in [9.17, 15) is 4.79 Å². The van der Waals surface area contributed by atoms with Crippen molar-refractivity contribution in [2.24, 2.45) is 10.9 Å². The first-order chi connectivity index (χ1) is 10.1. The van der Waals surface area contributed by atoms with Crippen molar-refractivity contribution in [3.05, 3.63) is 0 Å². The average Bonchev–Trinajstić information content (AvgIpc) is 2.50. The summed E-state index contributed by atoms with van der Waals surface area (Å²) in [5.41, 5.74) is 0. The van der Waals surface area contributed by atoms with E-state index in [1.54, 1.807) is 26.1 Å². The van der Waals surface area contributed by atoms with Crippen LogP contribution in [0.5, 0.6) is 0 Å². The molecule has 6 nitrogen and oxygen atoms in total. The van der Waals surface area contributed by atoms with E-state index in [-0.39, 0.29) is 12.5 Å². The van der Waals surface area contributed by atoms with Crippen LogP contribution in [0.25, 0.3) is 0 Å². The van der Waals surface area contributed by atoms with Crippen LogP contribution in [0.4, 0.5) is 0 Å². The van der Waals surface area contributed by atoms with Gasteiger partial charge in [0.05, 0.1) is 6.61 Å². The number of guanidine groups is 1. The zero-order valence-electron chi connectivity index (χ0n) is 13.7. The van der Waals surface area contributed by atoms with E-state index >= 15 is 0 Å². The van der Waals surface area contributed by atoms with E-state index in [4.69, 9.17) is 4.74 Å². The van der Waals surface area contributed by atoms with Crippen molar-refractivity contribution in [1.82, 2.24) is 15.5 Å². The first-order valence-corrected chi connectivity index (χ1v) is 7.84. The van der Waals surface area contributed by atoms with Crippen LogP contribution in [0.3, 0.4) is 0 Å². The number of ether oxygens (including phenoxy) is 1. The molecule has 0 aliphatic heterocycles. The summed E-state index contributed by atoms with van der Waals surface area (Å²) < 4.78 is 5.03. The summed E-state index contributed by atoms with van der Waals surface area (Å²) in [4.78, 5) is 17.5. The fourth-order valence-electron chi connectivity index (χ4n) is 2.37. The van der Waals surface area contributed by atoms with E-state index in [1.807, 2.05) is 0 Å². The van der Waals surface area contributed by atoms with Crippen molar-refractivity contribution in [2.75, 3.05) is 47.4 Å². The van der Waals surface area contributed by atoms with E-state index in [1.165, 1.54) is 32.1 Å². The minimum Gasteiger partial charge on any atom is -0.383 e. The van der Waals surface area contributed by atoms with Crippen molar-refractivity contribution in [3.63, 3.8) is 0 Å². The molecular formula is C15H30N4O2. The van der Waals surface area contributed by atoms with Crippen LogP contribution in [-0.4, -0.2) is 64.2 Å². The molecule has 1 saturated carbocycles. The molecule has 0 heterocycles. The zero-order valence-corrected chi connectivity index (χ0v) is 13.7. The maximum Gasteiger partial charge on any atom is 0.243 e. The van der Waals surface area contributed by atoms with Gasteiger partial charge in [0.25, 0.3) is 0 Å². The van der Waals surface area contributed by atoms with E-state index in [0.717, 1.165) is 12.5 Å². The van der Waals surface area contributed by atoms with Gasteiger partial charge in [-0.15, -0.1) is 0 Å². The number of methoxy groups -OCH3 is 1. The predicted octanol–water partition coefficient (Wildman–Crippen LogP) is 0.837. The minimum atomic E-state index is 0.000470. The van der Waals surface area contributed by atoms with Gasteiger partial charge in [-0.25, -0.2) is 4.99 Å². The lowest BCUT2D eigenvalue weighted by Crippen LogP contribution is -2.42. The number of carbonyl (C=O) groups is 1.